The van der Waals surface area contributed by atoms with Gasteiger partial charge in [0, 0.05) is 26.6 Å². The van der Waals surface area contributed by atoms with Crippen LogP contribution in [0.3, 0.4) is 0 Å². The summed E-state index contributed by atoms with van der Waals surface area (Å²) < 4.78 is 16.4. The molecule has 0 fully saturated rings. The molecule has 0 bridgehead atoms. The Hall–Kier alpha value is -1.75. The maximum absolute atomic E-state index is 10.8. The van der Waals surface area contributed by atoms with Crippen molar-refractivity contribution in [2.75, 3.05) is 27.4 Å². The summed E-state index contributed by atoms with van der Waals surface area (Å²) in [5, 5.41) is 0. The summed E-state index contributed by atoms with van der Waals surface area (Å²) >= 11 is 0. The van der Waals surface area contributed by atoms with Crippen LogP contribution in [0, 0.1) is 11.8 Å². The molecular weight excluding hydrogens is 342 g/mol. The molecule has 0 spiro atoms. The number of amides is 1. The van der Waals surface area contributed by atoms with Crippen LogP contribution in [0.1, 0.15) is 57.9 Å². The van der Waals surface area contributed by atoms with Gasteiger partial charge in [-0.1, -0.05) is 32.8 Å². The van der Waals surface area contributed by atoms with Gasteiger partial charge in [-0.2, -0.15) is 0 Å². The van der Waals surface area contributed by atoms with Crippen molar-refractivity contribution < 1.29 is 19.0 Å². The van der Waals surface area contributed by atoms with E-state index < -0.39 is 0 Å². The molecule has 5 nitrogen and oxygen atoms in total. The van der Waals surface area contributed by atoms with E-state index >= 15 is 0 Å². The van der Waals surface area contributed by atoms with Gasteiger partial charge >= 0.3 is 0 Å². The van der Waals surface area contributed by atoms with Gasteiger partial charge in [0.15, 0.2) is 11.5 Å². The van der Waals surface area contributed by atoms with E-state index in [0.29, 0.717) is 31.5 Å². The highest BCUT2D eigenvalue weighted by Crippen LogP contribution is 2.31. The third kappa shape index (κ3) is 9.66. The number of benzene rings is 1. The minimum Gasteiger partial charge on any atom is -0.493 e. The average molecular weight is 380 g/mol. The molecule has 1 aromatic carbocycles. The van der Waals surface area contributed by atoms with Crippen molar-refractivity contribution in [2.24, 2.45) is 17.6 Å². The molecule has 0 aromatic heterocycles. The second-order valence-corrected chi connectivity index (χ2v) is 7.45. The summed E-state index contributed by atoms with van der Waals surface area (Å²) in [6.45, 7) is 5.85. The van der Waals surface area contributed by atoms with E-state index in [9.17, 15) is 4.79 Å². The number of rotatable bonds is 15. The molecule has 0 saturated carbocycles. The Morgan fingerprint density at radius 2 is 1.81 bits per heavy atom. The molecule has 0 aliphatic heterocycles. The van der Waals surface area contributed by atoms with Gasteiger partial charge in [-0.3, -0.25) is 4.79 Å². The van der Waals surface area contributed by atoms with E-state index in [-0.39, 0.29) is 5.91 Å². The van der Waals surface area contributed by atoms with E-state index in [4.69, 9.17) is 19.9 Å². The Morgan fingerprint density at radius 1 is 1.04 bits per heavy atom. The smallest absolute Gasteiger partial charge is 0.217 e. The van der Waals surface area contributed by atoms with E-state index in [1.54, 1.807) is 14.2 Å². The quantitative estimate of drug-likeness (QED) is 0.460. The molecule has 27 heavy (non-hydrogen) atoms. The van der Waals surface area contributed by atoms with Crippen molar-refractivity contribution in [1.29, 1.82) is 0 Å². The van der Waals surface area contributed by atoms with Crippen LogP contribution in [0.2, 0.25) is 0 Å². The Labute approximate surface area is 164 Å². The largest absolute Gasteiger partial charge is 0.493 e. The zero-order valence-electron chi connectivity index (χ0n) is 17.5. The van der Waals surface area contributed by atoms with Gasteiger partial charge in [-0.05, 0) is 48.8 Å². The maximum Gasteiger partial charge on any atom is 0.217 e. The lowest BCUT2D eigenvalue weighted by Crippen LogP contribution is -2.13. The third-order valence-corrected chi connectivity index (χ3v) is 4.92. The van der Waals surface area contributed by atoms with Gasteiger partial charge in [0.1, 0.15) is 0 Å². The highest BCUT2D eigenvalue weighted by atomic mass is 16.5. The van der Waals surface area contributed by atoms with Crippen LogP contribution in [0.15, 0.2) is 18.2 Å². The number of unbranched alkanes of at least 4 members (excludes halogenated alkanes) is 2. The fraction of sp³-hybridized carbons (Fsp3) is 0.682. The van der Waals surface area contributed by atoms with E-state index in [0.717, 1.165) is 50.0 Å². The summed E-state index contributed by atoms with van der Waals surface area (Å²) in [6, 6.07) is 6.22. The van der Waals surface area contributed by atoms with Crippen molar-refractivity contribution in [1.82, 2.24) is 0 Å². The van der Waals surface area contributed by atoms with Crippen LogP contribution in [-0.4, -0.2) is 33.3 Å². The second-order valence-electron chi connectivity index (χ2n) is 7.45. The predicted octanol–water partition coefficient (Wildman–Crippen LogP) is 4.36. The van der Waals surface area contributed by atoms with Crippen LogP contribution in [0.5, 0.6) is 11.5 Å². The van der Waals surface area contributed by atoms with E-state index in [2.05, 4.69) is 26.0 Å². The SMILES string of the molecule is COCCCOc1cc(CC(CCCCCC(N)=O)C(C)C)ccc1OC. The Balaban J connectivity index is 2.62. The lowest BCUT2D eigenvalue weighted by molar-refractivity contribution is -0.118. The predicted molar refractivity (Wildman–Crippen MR) is 109 cm³/mol. The minimum atomic E-state index is -0.202. The molecule has 0 saturated heterocycles. The summed E-state index contributed by atoms with van der Waals surface area (Å²) in [5.74, 6) is 2.58. The molecule has 5 heteroatoms. The average Bonchev–Trinajstić information content (AvgIpc) is 2.63. The van der Waals surface area contributed by atoms with Crippen molar-refractivity contribution >= 4 is 5.91 Å². The number of carbonyl (C=O) groups is 1. The maximum atomic E-state index is 10.8. The Kier molecular flexibility index (Phi) is 11.6. The first-order chi connectivity index (χ1) is 13.0. The van der Waals surface area contributed by atoms with Gasteiger partial charge in [0.05, 0.1) is 13.7 Å². The van der Waals surface area contributed by atoms with Crippen molar-refractivity contribution in [2.45, 2.75) is 58.8 Å². The Morgan fingerprint density at radius 3 is 2.44 bits per heavy atom. The first-order valence-corrected chi connectivity index (χ1v) is 10.0. The number of carbonyl (C=O) groups excluding carboxylic acids is 1. The molecule has 1 rings (SSSR count). The van der Waals surface area contributed by atoms with Gasteiger partial charge < -0.3 is 19.9 Å². The molecule has 0 radical (unpaired) electrons. The fourth-order valence-corrected chi connectivity index (χ4v) is 3.20. The summed E-state index contributed by atoms with van der Waals surface area (Å²) in [5.41, 5.74) is 6.48. The number of hydrogen-bond acceptors (Lipinski definition) is 4. The van der Waals surface area contributed by atoms with E-state index in [1.807, 2.05) is 6.07 Å². The number of nitrogens with two attached hydrogens (primary N) is 1. The highest BCUT2D eigenvalue weighted by Gasteiger charge is 2.15. The number of hydrogen-bond donors (Lipinski definition) is 1. The molecule has 0 aliphatic carbocycles. The van der Waals surface area contributed by atoms with Crippen LogP contribution < -0.4 is 15.2 Å². The lowest BCUT2D eigenvalue weighted by atomic mass is 9.85. The van der Waals surface area contributed by atoms with Crippen LogP contribution in [0.25, 0.3) is 0 Å². The van der Waals surface area contributed by atoms with Crippen LogP contribution >= 0.6 is 0 Å². The first-order valence-electron chi connectivity index (χ1n) is 10.0. The summed E-state index contributed by atoms with van der Waals surface area (Å²) in [4.78, 5) is 10.8. The minimum absolute atomic E-state index is 0.202. The molecule has 1 amide bonds. The fourth-order valence-electron chi connectivity index (χ4n) is 3.20. The van der Waals surface area contributed by atoms with Gasteiger partial charge in [0.25, 0.3) is 0 Å². The highest BCUT2D eigenvalue weighted by molar-refractivity contribution is 5.73. The molecule has 1 atom stereocenters. The van der Waals surface area contributed by atoms with Crippen LogP contribution in [-0.2, 0) is 16.0 Å². The molecule has 154 valence electrons. The Bertz CT molecular complexity index is 545. The standard InChI is InChI=1S/C22H37NO4/c1-17(2)19(9-6-5-7-10-22(23)24)15-18-11-12-20(26-4)21(16-18)27-14-8-13-25-3/h11-12,16-17,19H,5-10,13-15H2,1-4H3,(H2,23,24). The summed E-state index contributed by atoms with van der Waals surface area (Å²) in [6.07, 6.45) is 6.61. The van der Waals surface area contributed by atoms with Crippen molar-refractivity contribution in [3.05, 3.63) is 23.8 Å². The molecule has 1 aromatic rings. The molecular formula is C22H37NO4. The normalized spacial score (nSPS) is 12.2. The van der Waals surface area contributed by atoms with Crippen molar-refractivity contribution in [3.8, 4) is 11.5 Å². The van der Waals surface area contributed by atoms with Crippen LogP contribution in [0.4, 0.5) is 0 Å². The monoisotopic (exact) mass is 379 g/mol. The zero-order valence-corrected chi connectivity index (χ0v) is 17.5. The second kappa shape index (κ2) is 13.4. The number of ether oxygens (including phenoxy) is 3. The summed E-state index contributed by atoms with van der Waals surface area (Å²) in [7, 11) is 3.36. The third-order valence-electron chi connectivity index (χ3n) is 4.92. The first kappa shape index (κ1) is 23.3. The molecule has 1 unspecified atom stereocenters. The molecule has 0 heterocycles. The molecule has 2 N–H and O–H groups in total. The van der Waals surface area contributed by atoms with Gasteiger partial charge in [-0.25, -0.2) is 0 Å². The van der Waals surface area contributed by atoms with E-state index in [1.165, 1.54) is 5.56 Å². The van der Waals surface area contributed by atoms with Crippen molar-refractivity contribution in [3.63, 3.8) is 0 Å². The topological polar surface area (TPSA) is 70.8 Å². The van der Waals surface area contributed by atoms with Gasteiger partial charge in [0.2, 0.25) is 5.91 Å². The number of methoxy groups -OCH3 is 2. The lowest BCUT2D eigenvalue weighted by Gasteiger charge is -2.22. The zero-order chi connectivity index (χ0) is 20.1. The number of primary amides is 1. The van der Waals surface area contributed by atoms with Gasteiger partial charge in [-0.15, -0.1) is 0 Å². The molecule has 0 aliphatic rings.